The first kappa shape index (κ1) is 23.0. The Morgan fingerprint density at radius 3 is 2.35 bits per heavy atom. The molecule has 1 N–H and O–H groups in total. The Hall–Kier alpha value is -4.14. The summed E-state index contributed by atoms with van der Waals surface area (Å²) in [7, 11) is 3.44. The van der Waals surface area contributed by atoms with Crippen molar-refractivity contribution in [3.8, 4) is 0 Å². The van der Waals surface area contributed by atoms with E-state index in [9.17, 15) is 14.4 Å². The van der Waals surface area contributed by atoms with Crippen LogP contribution < -0.4 is 10.2 Å². The molecule has 0 saturated carbocycles. The van der Waals surface area contributed by atoms with Crippen LogP contribution in [0, 0.1) is 0 Å². The second kappa shape index (κ2) is 10.2. The highest BCUT2D eigenvalue weighted by molar-refractivity contribution is 6.08. The zero-order chi connectivity index (χ0) is 24.1. The lowest BCUT2D eigenvalue weighted by molar-refractivity contribution is -0.132. The summed E-state index contributed by atoms with van der Waals surface area (Å²) < 4.78 is 1.74. The van der Waals surface area contributed by atoms with Crippen LogP contribution in [0.3, 0.4) is 0 Å². The fourth-order valence-electron chi connectivity index (χ4n) is 4.03. The van der Waals surface area contributed by atoms with Crippen molar-refractivity contribution in [1.29, 1.82) is 0 Å². The number of para-hydroxylation sites is 1. The van der Waals surface area contributed by atoms with Gasteiger partial charge in [-0.3, -0.25) is 19.4 Å². The number of pyridine rings is 1. The molecule has 0 spiro atoms. The lowest BCUT2D eigenvalue weighted by Crippen LogP contribution is -2.51. The molecule has 34 heavy (non-hydrogen) atoms. The molecule has 1 saturated heterocycles. The number of amides is 3. The molecular formula is C25H28N6O3. The van der Waals surface area contributed by atoms with Crippen LogP contribution in [0.25, 0.3) is 0 Å². The number of nitrogens with zero attached hydrogens (tertiary/aromatic N) is 5. The number of anilines is 2. The van der Waals surface area contributed by atoms with Crippen molar-refractivity contribution >= 4 is 29.1 Å². The van der Waals surface area contributed by atoms with Crippen molar-refractivity contribution in [1.82, 2.24) is 19.4 Å². The molecule has 1 aliphatic heterocycles. The van der Waals surface area contributed by atoms with Gasteiger partial charge in [-0.05, 0) is 36.4 Å². The largest absolute Gasteiger partial charge is 0.367 e. The van der Waals surface area contributed by atoms with Crippen LogP contribution in [0.2, 0.25) is 0 Å². The molecule has 2 aromatic heterocycles. The van der Waals surface area contributed by atoms with Crippen LogP contribution in [0.5, 0.6) is 0 Å². The molecule has 4 rings (SSSR count). The van der Waals surface area contributed by atoms with Gasteiger partial charge in [0.1, 0.15) is 5.69 Å². The average Bonchev–Trinajstić information content (AvgIpc) is 3.30. The van der Waals surface area contributed by atoms with Crippen LogP contribution in [0.4, 0.5) is 11.4 Å². The molecular weight excluding hydrogens is 432 g/mol. The summed E-state index contributed by atoms with van der Waals surface area (Å²) in [5, 5.41) is 2.90. The van der Waals surface area contributed by atoms with Crippen molar-refractivity contribution in [2.24, 2.45) is 7.05 Å². The maximum Gasteiger partial charge on any atom is 0.270 e. The quantitative estimate of drug-likeness (QED) is 0.608. The molecule has 0 radical (unpaired) electrons. The Bertz CT molecular complexity index is 1170. The third kappa shape index (κ3) is 5.09. The first-order valence-corrected chi connectivity index (χ1v) is 11.1. The highest BCUT2D eigenvalue weighted by Crippen LogP contribution is 2.23. The number of hydrogen-bond acceptors (Lipinski definition) is 5. The van der Waals surface area contributed by atoms with Gasteiger partial charge in [-0.1, -0.05) is 12.1 Å². The predicted molar refractivity (Wildman–Crippen MR) is 130 cm³/mol. The third-order valence-corrected chi connectivity index (χ3v) is 5.94. The van der Waals surface area contributed by atoms with Gasteiger partial charge >= 0.3 is 0 Å². The second-order valence-corrected chi connectivity index (χ2v) is 8.24. The van der Waals surface area contributed by atoms with Gasteiger partial charge in [0, 0.05) is 70.2 Å². The standard InChI is InChI=1S/C25H28N6O3/c1-28-13-5-8-22(28)25(34)29(2)18-23(32)31-16-14-30(15-17-31)21-7-4-3-6-20(21)24(33)27-19-9-11-26-12-10-19/h3-13H,14-18H2,1-2H3,(H,26,27,33). The summed E-state index contributed by atoms with van der Waals surface area (Å²) in [5.74, 6) is -0.469. The summed E-state index contributed by atoms with van der Waals surface area (Å²) in [6, 6.07) is 14.5. The molecule has 1 aliphatic rings. The summed E-state index contributed by atoms with van der Waals surface area (Å²) in [5.41, 5.74) is 2.63. The highest BCUT2D eigenvalue weighted by atomic mass is 16.2. The Labute approximate surface area is 198 Å². The molecule has 9 heteroatoms. The minimum absolute atomic E-state index is 0.0228. The van der Waals surface area contributed by atoms with Crippen molar-refractivity contribution in [3.05, 3.63) is 78.4 Å². The molecule has 3 heterocycles. The number of rotatable bonds is 6. The number of carbonyl (C=O) groups is 3. The van der Waals surface area contributed by atoms with Crippen molar-refractivity contribution in [2.75, 3.05) is 50.0 Å². The fraction of sp³-hybridized carbons (Fsp3) is 0.280. The minimum Gasteiger partial charge on any atom is -0.367 e. The SMILES string of the molecule is CN(CC(=O)N1CCN(c2ccccc2C(=O)Nc2ccncc2)CC1)C(=O)c1cccn1C. The summed E-state index contributed by atoms with van der Waals surface area (Å²) >= 11 is 0. The molecule has 0 aliphatic carbocycles. The number of aromatic nitrogens is 2. The number of aryl methyl sites for hydroxylation is 1. The zero-order valence-corrected chi connectivity index (χ0v) is 19.3. The molecule has 0 atom stereocenters. The van der Waals surface area contributed by atoms with Crippen molar-refractivity contribution in [3.63, 3.8) is 0 Å². The Kier molecular flexibility index (Phi) is 6.91. The Morgan fingerprint density at radius 2 is 1.68 bits per heavy atom. The van der Waals surface area contributed by atoms with Crippen molar-refractivity contribution in [2.45, 2.75) is 0 Å². The van der Waals surface area contributed by atoms with E-state index in [-0.39, 0.29) is 24.3 Å². The van der Waals surface area contributed by atoms with Crippen LogP contribution in [0.15, 0.2) is 67.1 Å². The fourth-order valence-corrected chi connectivity index (χ4v) is 4.03. The number of piperazine rings is 1. The van der Waals surface area contributed by atoms with E-state index in [1.807, 2.05) is 18.2 Å². The number of nitrogens with one attached hydrogen (secondary N) is 1. The van der Waals surface area contributed by atoms with E-state index in [4.69, 9.17) is 0 Å². The molecule has 0 unspecified atom stereocenters. The van der Waals surface area contributed by atoms with E-state index in [2.05, 4.69) is 15.2 Å². The van der Waals surface area contributed by atoms with Crippen LogP contribution in [0.1, 0.15) is 20.8 Å². The van der Waals surface area contributed by atoms with E-state index in [0.29, 0.717) is 43.1 Å². The maximum absolute atomic E-state index is 12.9. The van der Waals surface area contributed by atoms with Gasteiger partial charge in [0.15, 0.2) is 0 Å². The number of carbonyl (C=O) groups excluding carboxylic acids is 3. The molecule has 3 amide bonds. The monoisotopic (exact) mass is 460 g/mol. The summed E-state index contributed by atoms with van der Waals surface area (Å²) in [6.07, 6.45) is 5.06. The highest BCUT2D eigenvalue weighted by Gasteiger charge is 2.26. The number of benzene rings is 1. The minimum atomic E-state index is -0.193. The Balaban J connectivity index is 1.36. The third-order valence-electron chi connectivity index (χ3n) is 5.94. The number of likely N-dealkylation sites (N-methyl/N-ethyl adjacent to an activating group) is 1. The molecule has 0 bridgehead atoms. The molecule has 1 fully saturated rings. The topological polar surface area (TPSA) is 90.8 Å². The zero-order valence-electron chi connectivity index (χ0n) is 19.3. The van der Waals surface area contributed by atoms with Crippen molar-refractivity contribution < 1.29 is 14.4 Å². The first-order chi connectivity index (χ1) is 16.4. The average molecular weight is 461 g/mol. The molecule has 9 nitrogen and oxygen atoms in total. The second-order valence-electron chi connectivity index (χ2n) is 8.24. The smallest absolute Gasteiger partial charge is 0.270 e. The van der Waals surface area contributed by atoms with E-state index in [1.54, 1.807) is 72.5 Å². The van der Waals surface area contributed by atoms with Crippen LogP contribution >= 0.6 is 0 Å². The summed E-state index contributed by atoms with van der Waals surface area (Å²) in [4.78, 5) is 47.6. The number of hydrogen-bond donors (Lipinski definition) is 1. The van der Waals surface area contributed by atoms with Gasteiger partial charge in [-0.25, -0.2) is 0 Å². The van der Waals surface area contributed by atoms with Gasteiger partial charge in [0.2, 0.25) is 5.91 Å². The molecule has 1 aromatic carbocycles. The van der Waals surface area contributed by atoms with E-state index in [0.717, 1.165) is 5.69 Å². The Morgan fingerprint density at radius 1 is 0.971 bits per heavy atom. The van der Waals surface area contributed by atoms with E-state index < -0.39 is 0 Å². The van der Waals surface area contributed by atoms with Crippen LogP contribution in [-0.2, 0) is 11.8 Å². The predicted octanol–water partition coefficient (Wildman–Crippen LogP) is 2.09. The van der Waals surface area contributed by atoms with E-state index in [1.165, 1.54) is 4.90 Å². The van der Waals surface area contributed by atoms with Gasteiger partial charge in [-0.2, -0.15) is 0 Å². The lowest BCUT2D eigenvalue weighted by Gasteiger charge is -2.37. The first-order valence-electron chi connectivity index (χ1n) is 11.1. The van der Waals surface area contributed by atoms with E-state index >= 15 is 0 Å². The summed E-state index contributed by atoms with van der Waals surface area (Å²) in [6.45, 7) is 2.26. The lowest BCUT2D eigenvalue weighted by atomic mass is 10.1. The van der Waals surface area contributed by atoms with Gasteiger partial charge in [-0.15, -0.1) is 0 Å². The van der Waals surface area contributed by atoms with Crippen LogP contribution in [-0.4, -0.2) is 76.8 Å². The normalized spacial score (nSPS) is 13.5. The van der Waals surface area contributed by atoms with Gasteiger partial charge in [0.05, 0.1) is 12.1 Å². The molecule has 176 valence electrons. The van der Waals surface area contributed by atoms with Gasteiger partial charge < -0.3 is 24.6 Å². The van der Waals surface area contributed by atoms with Gasteiger partial charge in [0.25, 0.3) is 11.8 Å². The maximum atomic E-state index is 12.9. The molecule has 3 aromatic rings.